The van der Waals surface area contributed by atoms with Crippen molar-refractivity contribution in [2.75, 3.05) is 5.32 Å². The van der Waals surface area contributed by atoms with E-state index in [9.17, 15) is 4.79 Å². The van der Waals surface area contributed by atoms with Crippen LogP contribution in [0.25, 0.3) is 0 Å². The Morgan fingerprint density at radius 3 is 2.95 bits per heavy atom. The standard InChI is InChI=1S/C15H20N2OS/c1-4-9-6-10-12(11(18)7-9)15(3,5-2)13-14(17-10)16-8-19-13/h8-9,17H,4-7H2,1-3H3/t9-,15+/m0/s1. The molecule has 0 amide bonds. The Morgan fingerprint density at radius 2 is 2.26 bits per heavy atom. The zero-order valence-corrected chi connectivity index (χ0v) is 12.6. The highest BCUT2D eigenvalue weighted by Crippen LogP contribution is 2.49. The summed E-state index contributed by atoms with van der Waals surface area (Å²) < 4.78 is 0. The van der Waals surface area contributed by atoms with Gasteiger partial charge in [-0.15, -0.1) is 11.3 Å². The number of nitrogens with one attached hydrogen (secondary N) is 1. The van der Waals surface area contributed by atoms with E-state index in [1.54, 1.807) is 11.3 Å². The number of anilines is 1. The minimum atomic E-state index is -0.146. The summed E-state index contributed by atoms with van der Waals surface area (Å²) in [5.41, 5.74) is 3.89. The molecule has 1 aromatic heterocycles. The first-order valence-electron chi connectivity index (χ1n) is 7.08. The highest BCUT2D eigenvalue weighted by molar-refractivity contribution is 7.10. The summed E-state index contributed by atoms with van der Waals surface area (Å²) in [4.78, 5) is 18.2. The topological polar surface area (TPSA) is 42.0 Å². The van der Waals surface area contributed by atoms with Crippen molar-refractivity contribution in [1.29, 1.82) is 0 Å². The number of allylic oxidation sites excluding steroid dienone is 2. The number of hydrogen-bond acceptors (Lipinski definition) is 4. The van der Waals surface area contributed by atoms with Crippen LogP contribution in [0.15, 0.2) is 16.8 Å². The average molecular weight is 276 g/mol. The molecule has 0 radical (unpaired) electrons. The third kappa shape index (κ3) is 1.76. The summed E-state index contributed by atoms with van der Waals surface area (Å²) in [6.45, 7) is 6.53. The number of nitrogens with zero attached hydrogens (tertiary/aromatic N) is 1. The van der Waals surface area contributed by atoms with Crippen molar-refractivity contribution >= 4 is 22.9 Å². The molecule has 0 bridgehead atoms. The van der Waals surface area contributed by atoms with Gasteiger partial charge in [-0.05, 0) is 18.8 Å². The lowest BCUT2D eigenvalue weighted by Gasteiger charge is -2.40. The van der Waals surface area contributed by atoms with E-state index in [1.807, 2.05) is 5.51 Å². The molecule has 3 nitrogen and oxygen atoms in total. The fraction of sp³-hybridized carbons (Fsp3) is 0.600. The Kier molecular flexibility index (Phi) is 3.01. The fourth-order valence-corrected chi connectivity index (χ4v) is 4.34. The van der Waals surface area contributed by atoms with Gasteiger partial charge in [0, 0.05) is 23.1 Å². The molecule has 1 N–H and O–H groups in total. The van der Waals surface area contributed by atoms with Crippen molar-refractivity contribution in [2.45, 2.75) is 51.9 Å². The lowest BCUT2D eigenvalue weighted by Crippen LogP contribution is -2.38. The largest absolute Gasteiger partial charge is 0.342 e. The number of Topliss-reactive ketones (excluding diaryl/α,β-unsaturated/α-hetero) is 1. The van der Waals surface area contributed by atoms with Gasteiger partial charge in [-0.1, -0.05) is 27.2 Å². The zero-order chi connectivity index (χ0) is 13.6. The van der Waals surface area contributed by atoms with Crippen LogP contribution in [0.1, 0.15) is 51.3 Å². The zero-order valence-electron chi connectivity index (χ0n) is 11.7. The molecule has 4 heteroatoms. The quantitative estimate of drug-likeness (QED) is 0.891. The van der Waals surface area contributed by atoms with Gasteiger partial charge in [-0.2, -0.15) is 0 Å². The van der Waals surface area contributed by atoms with Crippen molar-refractivity contribution < 1.29 is 4.79 Å². The van der Waals surface area contributed by atoms with E-state index in [0.29, 0.717) is 18.1 Å². The van der Waals surface area contributed by atoms with E-state index < -0.39 is 0 Å². The molecule has 1 aliphatic carbocycles. The van der Waals surface area contributed by atoms with Crippen LogP contribution in [0, 0.1) is 5.92 Å². The maximum atomic E-state index is 12.6. The van der Waals surface area contributed by atoms with Gasteiger partial charge in [-0.25, -0.2) is 4.98 Å². The molecular weight excluding hydrogens is 256 g/mol. The van der Waals surface area contributed by atoms with E-state index in [4.69, 9.17) is 0 Å². The van der Waals surface area contributed by atoms with E-state index in [-0.39, 0.29) is 5.41 Å². The molecule has 2 heterocycles. The van der Waals surface area contributed by atoms with Crippen molar-refractivity contribution in [3.05, 3.63) is 21.7 Å². The van der Waals surface area contributed by atoms with Gasteiger partial charge in [0.05, 0.1) is 10.4 Å². The van der Waals surface area contributed by atoms with E-state index >= 15 is 0 Å². The molecular formula is C15H20N2OS. The van der Waals surface area contributed by atoms with Gasteiger partial charge < -0.3 is 5.32 Å². The van der Waals surface area contributed by atoms with Crippen LogP contribution in [-0.4, -0.2) is 10.8 Å². The summed E-state index contributed by atoms with van der Waals surface area (Å²) in [7, 11) is 0. The third-order valence-corrected chi connectivity index (χ3v) is 5.81. The van der Waals surface area contributed by atoms with Gasteiger partial charge in [0.15, 0.2) is 5.78 Å². The van der Waals surface area contributed by atoms with Crippen LogP contribution in [0.4, 0.5) is 5.82 Å². The van der Waals surface area contributed by atoms with Crippen molar-refractivity contribution in [2.24, 2.45) is 5.92 Å². The number of thiazole rings is 1. The molecule has 1 aliphatic heterocycles. The monoisotopic (exact) mass is 276 g/mol. The lowest BCUT2D eigenvalue weighted by molar-refractivity contribution is -0.117. The smallest absolute Gasteiger partial charge is 0.161 e. The summed E-state index contributed by atoms with van der Waals surface area (Å²) in [5.74, 6) is 1.79. The van der Waals surface area contributed by atoms with Gasteiger partial charge in [0.1, 0.15) is 5.82 Å². The molecule has 0 saturated carbocycles. The van der Waals surface area contributed by atoms with Crippen LogP contribution in [0.2, 0.25) is 0 Å². The average Bonchev–Trinajstić information content (AvgIpc) is 2.86. The number of fused-ring (bicyclic) bond motifs is 1. The number of carbonyl (C=O) groups is 1. The minimum Gasteiger partial charge on any atom is -0.342 e. The van der Waals surface area contributed by atoms with Crippen molar-refractivity contribution in [3.8, 4) is 0 Å². The highest BCUT2D eigenvalue weighted by atomic mass is 32.1. The van der Waals surface area contributed by atoms with E-state index in [0.717, 1.165) is 36.4 Å². The SMILES string of the molecule is CC[C@@H]1CC(=O)C2=C(C1)Nc1ncsc1[C@]2(C)CC. The summed E-state index contributed by atoms with van der Waals surface area (Å²) in [6.07, 6.45) is 3.72. The molecule has 0 saturated heterocycles. The molecule has 2 atom stereocenters. The molecule has 0 fully saturated rings. The molecule has 0 unspecified atom stereocenters. The Labute approximate surface area is 118 Å². The third-order valence-electron chi connectivity index (χ3n) is 4.72. The van der Waals surface area contributed by atoms with Crippen LogP contribution in [-0.2, 0) is 10.2 Å². The Balaban J connectivity index is 2.13. The fourth-order valence-electron chi connectivity index (χ4n) is 3.36. The molecule has 3 rings (SSSR count). The molecule has 1 aromatic rings. The molecule has 0 aromatic carbocycles. The maximum Gasteiger partial charge on any atom is 0.161 e. The second-order valence-electron chi connectivity index (χ2n) is 5.80. The Morgan fingerprint density at radius 1 is 1.47 bits per heavy atom. The van der Waals surface area contributed by atoms with Crippen LogP contribution >= 0.6 is 11.3 Å². The Hall–Kier alpha value is -1.16. The predicted molar refractivity (Wildman–Crippen MR) is 78.4 cm³/mol. The van der Waals surface area contributed by atoms with Gasteiger partial charge in [0.2, 0.25) is 0 Å². The molecule has 2 aliphatic rings. The molecule has 19 heavy (non-hydrogen) atoms. The summed E-state index contributed by atoms with van der Waals surface area (Å²) >= 11 is 1.66. The second-order valence-corrected chi connectivity index (χ2v) is 6.65. The predicted octanol–water partition coefficient (Wildman–Crippen LogP) is 3.88. The first-order chi connectivity index (χ1) is 9.10. The number of hydrogen-bond donors (Lipinski definition) is 1. The van der Waals surface area contributed by atoms with E-state index in [2.05, 4.69) is 31.1 Å². The summed E-state index contributed by atoms with van der Waals surface area (Å²) in [5, 5.41) is 3.42. The first-order valence-corrected chi connectivity index (χ1v) is 7.96. The normalized spacial score (nSPS) is 29.8. The molecule has 102 valence electrons. The second kappa shape index (κ2) is 4.44. The van der Waals surface area contributed by atoms with Gasteiger partial charge in [0.25, 0.3) is 0 Å². The number of carbonyl (C=O) groups excluding carboxylic acids is 1. The number of aromatic nitrogens is 1. The number of rotatable bonds is 2. The highest BCUT2D eigenvalue weighted by Gasteiger charge is 2.44. The van der Waals surface area contributed by atoms with Crippen molar-refractivity contribution in [3.63, 3.8) is 0 Å². The van der Waals surface area contributed by atoms with Gasteiger partial charge >= 0.3 is 0 Å². The summed E-state index contributed by atoms with van der Waals surface area (Å²) in [6, 6.07) is 0. The Bertz CT molecular complexity index is 560. The molecule has 0 spiro atoms. The van der Waals surface area contributed by atoms with Crippen molar-refractivity contribution in [1.82, 2.24) is 4.98 Å². The lowest BCUT2D eigenvalue weighted by atomic mass is 9.68. The van der Waals surface area contributed by atoms with Crippen LogP contribution in [0.3, 0.4) is 0 Å². The minimum absolute atomic E-state index is 0.146. The van der Waals surface area contributed by atoms with Crippen LogP contribution < -0.4 is 5.32 Å². The van der Waals surface area contributed by atoms with Gasteiger partial charge in [-0.3, -0.25) is 4.79 Å². The van der Waals surface area contributed by atoms with E-state index in [1.165, 1.54) is 4.88 Å². The van der Waals surface area contributed by atoms with Crippen LogP contribution in [0.5, 0.6) is 0 Å². The maximum absolute atomic E-state index is 12.6. The first kappa shape index (κ1) is 12.9. The number of ketones is 1.